The molecule has 3 heterocycles. The van der Waals surface area contributed by atoms with Gasteiger partial charge in [-0.1, -0.05) is 0 Å². The van der Waals surface area contributed by atoms with Crippen molar-refractivity contribution in [2.75, 3.05) is 11.4 Å². The van der Waals surface area contributed by atoms with Gasteiger partial charge in [-0.15, -0.1) is 0 Å². The van der Waals surface area contributed by atoms with Crippen LogP contribution in [0.25, 0.3) is 16.9 Å². The minimum absolute atomic E-state index is 0.0659. The van der Waals surface area contributed by atoms with Crippen molar-refractivity contribution < 1.29 is 13.2 Å². The maximum absolute atomic E-state index is 13.6. The topological polar surface area (TPSA) is 85.5 Å². The van der Waals surface area contributed by atoms with E-state index in [0.717, 1.165) is 25.0 Å². The second kappa shape index (κ2) is 8.73. The predicted octanol–water partition coefficient (Wildman–Crippen LogP) is 5.41. The molecule has 0 N–H and O–H groups in total. The number of nitrogens with zero attached hydrogens (tertiary/aromatic N) is 8. The Labute approximate surface area is 205 Å². The average molecular weight is 554 g/mol. The van der Waals surface area contributed by atoms with Crippen LogP contribution >= 0.6 is 27.5 Å². The van der Waals surface area contributed by atoms with Crippen molar-refractivity contribution in [3.05, 3.63) is 58.1 Å². The van der Waals surface area contributed by atoms with Gasteiger partial charge in [0.05, 0.1) is 17.1 Å². The van der Waals surface area contributed by atoms with E-state index in [2.05, 4.69) is 45.9 Å². The van der Waals surface area contributed by atoms with Gasteiger partial charge in [0, 0.05) is 28.8 Å². The molecule has 8 nitrogen and oxygen atoms in total. The van der Waals surface area contributed by atoms with Crippen molar-refractivity contribution in [2.45, 2.75) is 32.0 Å². The van der Waals surface area contributed by atoms with Crippen molar-refractivity contribution in [1.82, 2.24) is 34.7 Å². The Morgan fingerprint density at radius 1 is 1.18 bits per heavy atom. The number of alkyl halides is 3. The lowest BCUT2D eigenvalue weighted by Crippen LogP contribution is -2.32. The zero-order chi connectivity index (χ0) is 24.0. The Bertz CT molecular complexity index is 1340. The van der Waals surface area contributed by atoms with Gasteiger partial charge < -0.3 is 4.90 Å². The summed E-state index contributed by atoms with van der Waals surface area (Å²) < 4.78 is 42.5. The summed E-state index contributed by atoms with van der Waals surface area (Å²) in [7, 11) is 0. The minimum Gasteiger partial charge on any atom is -0.346 e. The molecule has 0 aliphatic heterocycles. The van der Waals surface area contributed by atoms with E-state index in [4.69, 9.17) is 11.6 Å². The van der Waals surface area contributed by atoms with Crippen LogP contribution in [0.4, 0.5) is 19.0 Å². The van der Waals surface area contributed by atoms with E-state index < -0.39 is 17.8 Å². The second-order valence-corrected chi connectivity index (χ2v) is 9.21. The van der Waals surface area contributed by atoms with Gasteiger partial charge in [-0.3, -0.25) is 0 Å². The molecule has 1 aliphatic carbocycles. The van der Waals surface area contributed by atoms with Gasteiger partial charge in [0.1, 0.15) is 12.1 Å². The molecule has 0 amide bonds. The lowest BCUT2D eigenvalue weighted by molar-refractivity contribution is -0.137. The van der Waals surface area contributed by atoms with Crippen LogP contribution in [0.5, 0.6) is 0 Å². The van der Waals surface area contributed by atoms with Crippen LogP contribution in [-0.2, 0) is 6.18 Å². The van der Waals surface area contributed by atoms with Gasteiger partial charge in [-0.25, -0.2) is 19.9 Å². The number of benzene rings is 1. The molecule has 1 fully saturated rings. The number of aromatic nitrogens is 7. The van der Waals surface area contributed by atoms with E-state index in [9.17, 15) is 13.2 Å². The summed E-state index contributed by atoms with van der Waals surface area (Å²) in [5.74, 6) is 1.52. The molecule has 13 heteroatoms. The number of anilines is 1. The number of hydrogen-bond acceptors (Lipinski definition) is 7. The first kappa shape index (κ1) is 22.9. The lowest BCUT2D eigenvalue weighted by atomic mass is 10.1. The SMILES string of the molecule is CC(c1ncnn1-c1ncccn1)N(CC1CC1)c1nc(Cl)nc2c(Br)cc(C(F)(F)F)cc12. The van der Waals surface area contributed by atoms with Gasteiger partial charge in [0.25, 0.3) is 5.95 Å². The standard InChI is InChI=1S/C21H17BrClF3N8/c1-11(17-29-10-30-34(17)20-27-5-2-6-28-20)33(9-12-3-4-12)18-14-7-13(21(24,25)26)8-15(22)16(14)31-19(23)32-18/h2,5-8,10-12H,3-4,9H2,1H3. The van der Waals surface area contributed by atoms with Gasteiger partial charge in [0.15, 0.2) is 5.82 Å². The first-order chi connectivity index (χ1) is 16.2. The van der Waals surface area contributed by atoms with E-state index in [-0.39, 0.29) is 15.1 Å². The molecule has 176 valence electrons. The summed E-state index contributed by atoms with van der Waals surface area (Å²) in [6.07, 6.45) is 2.08. The quantitative estimate of drug-likeness (QED) is 0.295. The zero-order valence-electron chi connectivity index (χ0n) is 17.7. The maximum Gasteiger partial charge on any atom is 0.416 e. The molecule has 0 saturated heterocycles. The van der Waals surface area contributed by atoms with Crippen LogP contribution in [0.3, 0.4) is 0 Å². The van der Waals surface area contributed by atoms with Crippen LogP contribution in [0, 0.1) is 5.92 Å². The Morgan fingerprint density at radius 3 is 2.59 bits per heavy atom. The molecule has 0 radical (unpaired) electrons. The van der Waals surface area contributed by atoms with Gasteiger partial charge in [0.2, 0.25) is 5.28 Å². The summed E-state index contributed by atoms with van der Waals surface area (Å²) in [5, 5.41) is 4.43. The summed E-state index contributed by atoms with van der Waals surface area (Å²) in [6.45, 7) is 2.44. The Morgan fingerprint density at radius 2 is 1.91 bits per heavy atom. The smallest absolute Gasteiger partial charge is 0.346 e. The number of halogens is 5. The third-order valence-electron chi connectivity index (χ3n) is 5.61. The van der Waals surface area contributed by atoms with Crippen molar-refractivity contribution >= 4 is 44.3 Å². The number of rotatable bonds is 6. The van der Waals surface area contributed by atoms with Crippen molar-refractivity contribution in [3.8, 4) is 5.95 Å². The van der Waals surface area contributed by atoms with E-state index >= 15 is 0 Å². The Balaban J connectivity index is 1.67. The predicted molar refractivity (Wildman–Crippen MR) is 123 cm³/mol. The van der Waals surface area contributed by atoms with Crippen LogP contribution in [0.15, 0.2) is 41.4 Å². The highest BCUT2D eigenvalue weighted by atomic mass is 79.9. The highest BCUT2D eigenvalue weighted by molar-refractivity contribution is 9.10. The molecule has 1 atom stereocenters. The summed E-state index contributed by atoms with van der Waals surface area (Å²) in [4.78, 5) is 23.4. The fourth-order valence-corrected chi connectivity index (χ4v) is 4.48. The van der Waals surface area contributed by atoms with Gasteiger partial charge in [-0.2, -0.15) is 27.9 Å². The third-order valence-corrected chi connectivity index (χ3v) is 6.39. The van der Waals surface area contributed by atoms with Crippen molar-refractivity contribution in [2.24, 2.45) is 5.92 Å². The first-order valence-corrected chi connectivity index (χ1v) is 11.6. The number of hydrogen-bond donors (Lipinski definition) is 0. The second-order valence-electron chi connectivity index (χ2n) is 8.02. The summed E-state index contributed by atoms with van der Waals surface area (Å²) >= 11 is 9.46. The highest BCUT2D eigenvalue weighted by Gasteiger charge is 2.35. The fraction of sp³-hybridized carbons (Fsp3) is 0.333. The monoisotopic (exact) mass is 552 g/mol. The van der Waals surface area contributed by atoms with E-state index in [1.54, 1.807) is 18.5 Å². The van der Waals surface area contributed by atoms with Crippen molar-refractivity contribution in [1.29, 1.82) is 0 Å². The summed E-state index contributed by atoms with van der Waals surface area (Å²) in [6, 6.07) is 3.31. The molecule has 0 bridgehead atoms. The number of fused-ring (bicyclic) bond motifs is 1. The first-order valence-electron chi connectivity index (χ1n) is 10.4. The third kappa shape index (κ3) is 4.43. The molecule has 34 heavy (non-hydrogen) atoms. The molecule has 1 aromatic carbocycles. The summed E-state index contributed by atoms with van der Waals surface area (Å²) in [5.41, 5.74) is -0.511. The van der Waals surface area contributed by atoms with Crippen LogP contribution in [0.1, 0.15) is 37.2 Å². The van der Waals surface area contributed by atoms with Crippen LogP contribution in [0.2, 0.25) is 5.28 Å². The molecule has 0 spiro atoms. The largest absolute Gasteiger partial charge is 0.416 e. The van der Waals surface area contributed by atoms with Crippen LogP contribution in [-0.4, -0.2) is 41.2 Å². The normalized spacial score (nSPS) is 15.0. The minimum atomic E-state index is -4.54. The van der Waals surface area contributed by atoms with E-state index in [1.807, 2.05) is 11.8 Å². The molecule has 3 aromatic heterocycles. The molecule has 1 aliphatic rings. The average Bonchev–Trinajstić information content (AvgIpc) is 3.49. The molecular formula is C21H17BrClF3N8. The molecular weight excluding hydrogens is 537 g/mol. The Hall–Kier alpha value is -2.86. The van der Waals surface area contributed by atoms with Gasteiger partial charge in [-0.05, 0) is 71.4 Å². The highest BCUT2D eigenvalue weighted by Crippen LogP contribution is 2.41. The zero-order valence-corrected chi connectivity index (χ0v) is 20.0. The molecule has 1 unspecified atom stereocenters. The van der Waals surface area contributed by atoms with E-state index in [1.165, 1.54) is 11.0 Å². The molecule has 1 saturated carbocycles. The molecule has 5 rings (SSSR count). The van der Waals surface area contributed by atoms with Gasteiger partial charge >= 0.3 is 6.18 Å². The Kier molecular flexibility index (Phi) is 5.88. The van der Waals surface area contributed by atoms with E-state index in [0.29, 0.717) is 35.6 Å². The molecule has 4 aromatic rings. The van der Waals surface area contributed by atoms with Crippen LogP contribution < -0.4 is 4.90 Å². The van der Waals surface area contributed by atoms with Crippen molar-refractivity contribution in [3.63, 3.8) is 0 Å². The fourth-order valence-electron chi connectivity index (χ4n) is 3.77. The lowest BCUT2D eigenvalue weighted by Gasteiger charge is -2.31. The maximum atomic E-state index is 13.6.